The molecule has 2 saturated heterocycles. The van der Waals surface area contributed by atoms with Gasteiger partial charge in [-0.2, -0.15) is 0 Å². The lowest BCUT2D eigenvalue weighted by atomic mass is 9.86. The van der Waals surface area contributed by atoms with Crippen molar-refractivity contribution in [3.63, 3.8) is 0 Å². The molecule has 0 spiro atoms. The first-order valence-corrected chi connectivity index (χ1v) is 10.4. The molecule has 2 heterocycles. The van der Waals surface area contributed by atoms with Crippen molar-refractivity contribution in [1.29, 1.82) is 0 Å². The molecule has 3 N–H and O–H groups in total. The number of amides is 2. The summed E-state index contributed by atoms with van der Waals surface area (Å²) in [5, 5.41) is 15.2. The van der Waals surface area contributed by atoms with E-state index in [-0.39, 0.29) is 36.6 Å². The maximum Gasteiger partial charge on any atom is 0.305 e. The van der Waals surface area contributed by atoms with Crippen LogP contribution in [0.15, 0.2) is 0 Å². The van der Waals surface area contributed by atoms with Gasteiger partial charge >= 0.3 is 5.97 Å². The first-order valence-electron chi connectivity index (χ1n) is 10.4. The first-order chi connectivity index (χ1) is 12.9. The van der Waals surface area contributed by atoms with Crippen LogP contribution in [0, 0.1) is 17.8 Å². The van der Waals surface area contributed by atoms with Crippen LogP contribution in [0.25, 0.3) is 0 Å². The molecule has 27 heavy (non-hydrogen) atoms. The van der Waals surface area contributed by atoms with Crippen molar-refractivity contribution in [3.05, 3.63) is 0 Å². The molecule has 0 aromatic rings. The lowest BCUT2D eigenvalue weighted by Crippen LogP contribution is -2.49. The summed E-state index contributed by atoms with van der Waals surface area (Å²) in [4.78, 5) is 37.8. The Morgan fingerprint density at radius 1 is 1.22 bits per heavy atom. The third-order valence-corrected chi connectivity index (χ3v) is 5.90. The molecule has 2 fully saturated rings. The Bertz CT molecular complexity index is 517. The fourth-order valence-corrected chi connectivity index (χ4v) is 4.12. The predicted octanol–water partition coefficient (Wildman–Crippen LogP) is 1.62. The molecule has 0 radical (unpaired) electrons. The molecule has 0 aromatic heterocycles. The molecule has 7 heteroatoms. The number of nitrogens with one attached hydrogen (secondary N) is 2. The van der Waals surface area contributed by atoms with Crippen LogP contribution < -0.4 is 10.6 Å². The number of hydrogen-bond acceptors (Lipinski definition) is 4. The van der Waals surface area contributed by atoms with E-state index < -0.39 is 12.0 Å². The van der Waals surface area contributed by atoms with E-state index in [9.17, 15) is 14.4 Å². The number of carbonyl (C=O) groups is 3. The van der Waals surface area contributed by atoms with Crippen LogP contribution in [-0.4, -0.2) is 60.0 Å². The van der Waals surface area contributed by atoms with Gasteiger partial charge in [0.05, 0.1) is 13.0 Å². The zero-order valence-electron chi connectivity index (χ0n) is 16.7. The van der Waals surface area contributed by atoms with Crippen LogP contribution in [-0.2, 0) is 14.4 Å². The summed E-state index contributed by atoms with van der Waals surface area (Å²) >= 11 is 0. The van der Waals surface area contributed by atoms with Gasteiger partial charge < -0.3 is 20.6 Å². The normalized spacial score (nSPS) is 22.7. The van der Waals surface area contributed by atoms with E-state index in [0.29, 0.717) is 12.5 Å². The molecule has 7 nitrogen and oxygen atoms in total. The van der Waals surface area contributed by atoms with Crippen molar-refractivity contribution in [2.45, 2.75) is 64.8 Å². The molecule has 154 valence electrons. The molecule has 2 amide bonds. The standard InChI is InChI=1S/C20H35N3O4/c1-14(2)17(12-19(25)26)22-18(24)13-23-11-3-4-16(20(23)27)6-5-15-7-9-21-10-8-15/h14-17,21H,3-13H2,1-2H3,(H,22,24)(H,25,26)/t16-,17?/m0/s1. The number of nitrogens with zero attached hydrogens (tertiary/aromatic N) is 1. The highest BCUT2D eigenvalue weighted by Crippen LogP contribution is 2.27. The predicted molar refractivity (Wildman–Crippen MR) is 103 cm³/mol. The van der Waals surface area contributed by atoms with Crippen LogP contribution in [0.4, 0.5) is 0 Å². The fraction of sp³-hybridized carbons (Fsp3) is 0.850. The lowest BCUT2D eigenvalue weighted by Gasteiger charge is -2.33. The number of rotatable bonds is 9. The summed E-state index contributed by atoms with van der Waals surface area (Å²) < 4.78 is 0. The van der Waals surface area contributed by atoms with E-state index in [4.69, 9.17) is 5.11 Å². The summed E-state index contributed by atoms with van der Waals surface area (Å²) in [7, 11) is 0. The van der Waals surface area contributed by atoms with Crippen LogP contribution >= 0.6 is 0 Å². The first kappa shape index (κ1) is 21.7. The Labute approximate surface area is 162 Å². The van der Waals surface area contributed by atoms with Gasteiger partial charge in [-0.1, -0.05) is 13.8 Å². The minimum atomic E-state index is -0.930. The minimum absolute atomic E-state index is 0.0276. The quantitative estimate of drug-likeness (QED) is 0.564. The van der Waals surface area contributed by atoms with Gasteiger partial charge in [-0.15, -0.1) is 0 Å². The molecular formula is C20H35N3O4. The SMILES string of the molecule is CC(C)C(CC(=O)O)NC(=O)CN1CCC[C@@H](CCC2CCNCC2)C1=O. The number of piperidine rings is 2. The van der Waals surface area contributed by atoms with Gasteiger partial charge in [0.15, 0.2) is 0 Å². The monoisotopic (exact) mass is 381 g/mol. The number of carbonyl (C=O) groups excluding carboxylic acids is 2. The molecule has 2 atom stereocenters. The van der Waals surface area contributed by atoms with Gasteiger partial charge in [-0.25, -0.2) is 0 Å². The number of aliphatic carboxylic acids is 1. The summed E-state index contributed by atoms with van der Waals surface area (Å²) in [5.74, 6) is -0.338. The van der Waals surface area contributed by atoms with Crippen molar-refractivity contribution in [3.8, 4) is 0 Å². The molecule has 0 bridgehead atoms. The zero-order valence-corrected chi connectivity index (χ0v) is 16.7. The molecule has 0 aliphatic carbocycles. The molecule has 2 aliphatic heterocycles. The van der Waals surface area contributed by atoms with Crippen molar-refractivity contribution in [2.75, 3.05) is 26.2 Å². The second-order valence-electron chi connectivity index (χ2n) is 8.39. The number of hydrogen-bond donors (Lipinski definition) is 3. The summed E-state index contributed by atoms with van der Waals surface area (Å²) in [6, 6.07) is -0.411. The smallest absolute Gasteiger partial charge is 0.305 e. The summed E-state index contributed by atoms with van der Waals surface area (Å²) in [6.45, 7) is 6.56. The Balaban J connectivity index is 1.81. The van der Waals surface area contributed by atoms with E-state index in [0.717, 1.165) is 38.8 Å². The zero-order chi connectivity index (χ0) is 19.8. The maximum atomic E-state index is 12.8. The van der Waals surface area contributed by atoms with Gasteiger partial charge in [-0.3, -0.25) is 14.4 Å². The van der Waals surface area contributed by atoms with E-state index >= 15 is 0 Å². The summed E-state index contributed by atoms with van der Waals surface area (Å²) in [6.07, 6.45) is 6.12. The van der Waals surface area contributed by atoms with Gasteiger partial charge in [0, 0.05) is 18.5 Å². The molecular weight excluding hydrogens is 346 g/mol. The summed E-state index contributed by atoms with van der Waals surface area (Å²) in [5.41, 5.74) is 0. The molecule has 2 rings (SSSR count). The van der Waals surface area contributed by atoms with Crippen molar-refractivity contribution in [2.24, 2.45) is 17.8 Å². The number of likely N-dealkylation sites (tertiary alicyclic amines) is 1. The highest BCUT2D eigenvalue weighted by Gasteiger charge is 2.31. The fourth-order valence-electron chi connectivity index (χ4n) is 4.12. The second kappa shape index (κ2) is 10.6. The third-order valence-electron chi connectivity index (χ3n) is 5.90. The highest BCUT2D eigenvalue weighted by atomic mass is 16.4. The number of carboxylic acids is 1. The van der Waals surface area contributed by atoms with Crippen molar-refractivity contribution < 1.29 is 19.5 Å². The average molecular weight is 382 g/mol. The third kappa shape index (κ3) is 7.13. The van der Waals surface area contributed by atoms with Crippen molar-refractivity contribution in [1.82, 2.24) is 15.5 Å². The maximum absolute atomic E-state index is 12.8. The van der Waals surface area contributed by atoms with E-state index in [1.807, 2.05) is 13.8 Å². The van der Waals surface area contributed by atoms with Gasteiger partial charge in [0.1, 0.15) is 0 Å². The molecule has 0 aromatic carbocycles. The molecule has 0 saturated carbocycles. The van der Waals surface area contributed by atoms with Crippen molar-refractivity contribution >= 4 is 17.8 Å². The molecule has 1 unspecified atom stereocenters. The minimum Gasteiger partial charge on any atom is -0.481 e. The molecule has 2 aliphatic rings. The largest absolute Gasteiger partial charge is 0.481 e. The van der Waals surface area contributed by atoms with Gasteiger partial charge in [0.2, 0.25) is 11.8 Å². The Morgan fingerprint density at radius 3 is 2.56 bits per heavy atom. The second-order valence-corrected chi connectivity index (χ2v) is 8.39. The lowest BCUT2D eigenvalue weighted by molar-refractivity contribution is -0.143. The average Bonchev–Trinajstić information content (AvgIpc) is 2.62. The van der Waals surface area contributed by atoms with E-state index in [2.05, 4.69) is 10.6 Å². The van der Waals surface area contributed by atoms with Crippen LogP contribution in [0.5, 0.6) is 0 Å². The Morgan fingerprint density at radius 2 is 1.93 bits per heavy atom. The Hall–Kier alpha value is -1.63. The van der Waals surface area contributed by atoms with E-state index in [1.54, 1.807) is 4.90 Å². The Kier molecular flexibility index (Phi) is 8.54. The van der Waals surface area contributed by atoms with E-state index in [1.165, 1.54) is 12.8 Å². The van der Waals surface area contributed by atoms with Crippen LogP contribution in [0.1, 0.15) is 58.8 Å². The van der Waals surface area contributed by atoms with Crippen LogP contribution in [0.3, 0.4) is 0 Å². The van der Waals surface area contributed by atoms with Crippen LogP contribution in [0.2, 0.25) is 0 Å². The number of carboxylic acid groups (broad SMARTS) is 1. The topological polar surface area (TPSA) is 98.7 Å². The van der Waals surface area contributed by atoms with Gasteiger partial charge in [-0.05, 0) is 63.5 Å². The highest BCUT2D eigenvalue weighted by molar-refractivity contribution is 5.86. The van der Waals surface area contributed by atoms with Gasteiger partial charge in [0.25, 0.3) is 0 Å².